The molecule has 2 aromatic rings. The molecule has 1 N–H and O–H groups in total. The minimum atomic E-state index is 0.383. The van der Waals surface area contributed by atoms with Gasteiger partial charge in [0, 0.05) is 11.3 Å². The average molecular weight is 291 g/mol. The van der Waals surface area contributed by atoms with E-state index in [0.717, 1.165) is 0 Å². The molecule has 0 spiro atoms. The molecule has 0 fully saturated rings. The largest absolute Gasteiger partial charge is 0.312 e. The quantitative estimate of drug-likeness (QED) is 0.765. The third kappa shape index (κ3) is 3.85. The lowest BCUT2D eigenvalue weighted by molar-refractivity contribution is 0.473. The number of benzene rings is 1. The van der Waals surface area contributed by atoms with Crippen LogP contribution in [-0.4, -0.2) is 12.3 Å². The molecule has 2 rings (SSSR count). The first kappa shape index (κ1) is 14.6. The van der Waals surface area contributed by atoms with E-state index in [2.05, 4.69) is 74.1 Å². The van der Waals surface area contributed by atoms with Gasteiger partial charge in [0.2, 0.25) is 0 Å². The lowest BCUT2D eigenvalue weighted by atomic mass is 9.96. The van der Waals surface area contributed by atoms with Gasteiger partial charge >= 0.3 is 0 Å². The van der Waals surface area contributed by atoms with E-state index in [-0.39, 0.29) is 0 Å². The fourth-order valence-corrected chi connectivity index (χ4v) is 4.53. The van der Waals surface area contributed by atoms with E-state index in [1.165, 1.54) is 9.77 Å². The van der Waals surface area contributed by atoms with Crippen LogP contribution in [0.4, 0.5) is 0 Å². The zero-order valence-electron chi connectivity index (χ0n) is 11.7. The Morgan fingerprint density at radius 2 is 1.79 bits per heavy atom. The molecular weight excluding hydrogens is 270 g/mol. The molecule has 19 heavy (non-hydrogen) atoms. The van der Waals surface area contributed by atoms with Crippen LogP contribution in [0.5, 0.6) is 0 Å². The van der Waals surface area contributed by atoms with E-state index in [1.807, 2.05) is 23.1 Å². The van der Waals surface area contributed by atoms with Gasteiger partial charge in [0.05, 0.1) is 4.21 Å². The molecule has 2 unspecified atom stereocenters. The number of hydrogen-bond acceptors (Lipinski definition) is 3. The predicted molar refractivity (Wildman–Crippen MR) is 87.0 cm³/mol. The second-order valence-electron chi connectivity index (χ2n) is 4.94. The summed E-state index contributed by atoms with van der Waals surface area (Å²) in [4.78, 5) is 0. The highest BCUT2D eigenvalue weighted by Crippen LogP contribution is 2.38. The van der Waals surface area contributed by atoms with Crippen molar-refractivity contribution in [1.29, 1.82) is 0 Å². The summed E-state index contributed by atoms with van der Waals surface area (Å²) in [5.74, 6) is 0.616. The van der Waals surface area contributed by atoms with Gasteiger partial charge in [0.1, 0.15) is 0 Å². The fraction of sp³-hybridized carbons (Fsp3) is 0.375. The molecule has 1 aromatic carbocycles. The molecule has 0 aliphatic rings. The number of thioether (sulfide) groups is 1. The van der Waals surface area contributed by atoms with Crippen molar-refractivity contribution in [1.82, 2.24) is 5.32 Å². The first-order chi connectivity index (χ1) is 9.22. The summed E-state index contributed by atoms with van der Waals surface area (Å²) < 4.78 is 1.40. The normalized spacial score (nSPS) is 14.5. The summed E-state index contributed by atoms with van der Waals surface area (Å²) in [6.07, 6.45) is 0. The monoisotopic (exact) mass is 291 g/mol. The first-order valence-corrected chi connectivity index (χ1v) is 8.40. The van der Waals surface area contributed by atoms with Crippen LogP contribution in [0.15, 0.2) is 52.1 Å². The molecule has 0 saturated carbocycles. The van der Waals surface area contributed by atoms with E-state index >= 15 is 0 Å². The second kappa shape index (κ2) is 7.13. The average Bonchev–Trinajstić information content (AvgIpc) is 2.92. The number of thiophene rings is 1. The Morgan fingerprint density at radius 3 is 2.32 bits per heavy atom. The minimum absolute atomic E-state index is 0.383. The Kier molecular flexibility index (Phi) is 5.49. The van der Waals surface area contributed by atoms with Crippen LogP contribution in [0.1, 0.15) is 25.5 Å². The fourth-order valence-electron chi connectivity index (χ4n) is 2.23. The number of rotatable bonds is 6. The maximum absolute atomic E-state index is 3.50. The molecule has 0 aliphatic carbocycles. The van der Waals surface area contributed by atoms with Crippen molar-refractivity contribution < 1.29 is 0 Å². The molecule has 2 atom stereocenters. The van der Waals surface area contributed by atoms with Crippen molar-refractivity contribution in [3.05, 3.63) is 53.4 Å². The van der Waals surface area contributed by atoms with Gasteiger partial charge in [-0.3, -0.25) is 0 Å². The van der Waals surface area contributed by atoms with Crippen LogP contribution in [0.25, 0.3) is 0 Å². The lowest BCUT2D eigenvalue weighted by Crippen LogP contribution is -2.30. The first-order valence-electron chi connectivity index (χ1n) is 6.64. The summed E-state index contributed by atoms with van der Waals surface area (Å²) >= 11 is 3.81. The van der Waals surface area contributed by atoms with Crippen LogP contribution in [0, 0.1) is 5.92 Å². The Bertz CT molecular complexity index is 465. The van der Waals surface area contributed by atoms with Gasteiger partial charge in [-0.1, -0.05) is 50.2 Å². The van der Waals surface area contributed by atoms with Gasteiger partial charge in [0.15, 0.2) is 0 Å². The van der Waals surface area contributed by atoms with Gasteiger partial charge in [-0.2, -0.15) is 0 Å². The summed E-state index contributed by atoms with van der Waals surface area (Å²) in [6.45, 7) is 4.61. The standard InChI is InChI=1S/C16H21NS2/c1-12(2)16(19-14-10-7-11-18-14)15(17-3)13-8-5-4-6-9-13/h4-12,15-17H,1-3H3. The van der Waals surface area contributed by atoms with Crippen molar-refractivity contribution >= 4 is 23.1 Å². The summed E-state index contributed by atoms with van der Waals surface area (Å²) in [7, 11) is 2.06. The van der Waals surface area contributed by atoms with Gasteiger partial charge < -0.3 is 5.32 Å². The summed E-state index contributed by atoms with van der Waals surface area (Å²) in [5, 5.41) is 6.18. The highest BCUT2D eigenvalue weighted by atomic mass is 32.2. The Hall–Kier alpha value is -0.770. The Balaban J connectivity index is 2.21. The van der Waals surface area contributed by atoms with Gasteiger partial charge in [-0.25, -0.2) is 0 Å². The lowest BCUT2D eigenvalue weighted by Gasteiger charge is -2.29. The van der Waals surface area contributed by atoms with Gasteiger partial charge in [-0.05, 0) is 30.0 Å². The summed E-state index contributed by atoms with van der Waals surface area (Å²) in [6, 6.07) is 15.5. The molecule has 1 nitrogen and oxygen atoms in total. The van der Waals surface area contributed by atoms with E-state index in [1.54, 1.807) is 0 Å². The van der Waals surface area contributed by atoms with Crippen LogP contribution < -0.4 is 5.32 Å². The minimum Gasteiger partial charge on any atom is -0.312 e. The zero-order valence-corrected chi connectivity index (χ0v) is 13.3. The highest BCUT2D eigenvalue weighted by Gasteiger charge is 2.26. The third-order valence-corrected chi connectivity index (χ3v) is 5.90. The number of hydrogen-bond donors (Lipinski definition) is 1. The molecule has 3 heteroatoms. The maximum Gasteiger partial charge on any atom is 0.0601 e. The van der Waals surface area contributed by atoms with Crippen molar-refractivity contribution in [3.8, 4) is 0 Å². The van der Waals surface area contributed by atoms with Crippen LogP contribution >= 0.6 is 23.1 Å². The maximum atomic E-state index is 3.50. The highest BCUT2D eigenvalue weighted by molar-refractivity contribution is 8.01. The van der Waals surface area contributed by atoms with E-state index in [4.69, 9.17) is 0 Å². The Labute approximate surface area is 124 Å². The van der Waals surface area contributed by atoms with E-state index in [0.29, 0.717) is 17.2 Å². The molecule has 1 heterocycles. The Morgan fingerprint density at radius 1 is 1.05 bits per heavy atom. The molecule has 0 radical (unpaired) electrons. The topological polar surface area (TPSA) is 12.0 Å². The predicted octanol–water partition coefficient (Wildman–Crippen LogP) is 4.83. The molecule has 0 amide bonds. The smallest absolute Gasteiger partial charge is 0.0601 e. The van der Waals surface area contributed by atoms with Crippen molar-refractivity contribution in [2.24, 2.45) is 5.92 Å². The van der Waals surface area contributed by atoms with Crippen molar-refractivity contribution in [3.63, 3.8) is 0 Å². The van der Waals surface area contributed by atoms with Crippen LogP contribution in [-0.2, 0) is 0 Å². The molecule has 0 aliphatic heterocycles. The zero-order chi connectivity index (χ0) is 13.7. The molecular formula is C16H21NS2. The summed E-state index contributed by atoms with van der Waals surface area (Å²) in [5.41, 5.74) is 1.37. The molecule has 0 bridgehead atoms. The van der Waals surface area contributed by atoms with Crippen molar-refractivity contribution in [2.45, 2.75) is 29.3 Å². The van der Waals surface area contributed by atoms with E-state index < -0.39 is 0 Å². The van der Waals surface area contributed by atoms with Crippen LogP contribution in [0.2, 0.25) is 0 Å². The SMILES string of the molecule is CNC(c1ccccc1)C(Sc1cccs1)C(C)C. The molecule has 102 valence electrons. The molecule has 1 aromatic heterocycles. The number of nitrogens with one attached hydrogen (secondary N) is 1. The van der Waals surface area contributed by atoms with Gasteiger partial charge in [0.25, 0.3) is 0 Å². The van der Waals surface area contributed by atoms with Gasteiger partial charge in [-0.15, -0.1) is 23.1 Å². The third-order valence-electron chi connectivity index (χ3n) is 3.20. The van der Waals surface area contributed by atoms with Crippen molar-refractivity contribution in [2.75, 3.05) is 7.05 Å². The second-order valence-corrected chi connectivity index (χ2v) is 7.36. The van der Waals surface area contributed by atoms with E-state index in [9.17, 15) is 0 Å². The molecule has 0 saturated heterocycles. The van der Waals surface area contributed by atoms with Crippen LogP contribution in [0.3, 0.4) is 0 Å².